The van der Waals surface area contributed by atoms with Crippen LogP contribution in [0.5, 0.6) is 0 Å². The van der Waals surface area contributed by atoms with Crippen molar-refractivity contribution in [3.05, 3.63) is 23.8 Å². The van der Waals surface area contributed by atoms with Crippen LogP contribution in [0.4, 0.5) is 0 Å². The van der Waals surface area contributed by atoms with Crippen LogP contribution >= 0.6 is 0 Å². The van der Waals surface area contributed by atoms with Gasteiger partial charge in [0.1, 0.15) is 4.75 Å². The Morgan fingerprint density at radius 2 is 0.925 bits per heavy atom. The van der Waals surface area contributed by atoms with Crippen LogP contribution in [0.3, 0.4) is 0 Å². The molecular formula is C36H69NO2S. The lowest BCUT2D eigenvalue weighted by Gasteiger charge is -2.34. The van der Waals surface area contributed by atoms with Gasteiger partial charge in [-0.3, -0.25) is 0 Å². The Morgan fingerprint density at radius 1 is 0.600 bits per heavy atom. The van der Waals surface area contributed by atoms with E-state index in [1.165, 1.54) is 134 Å². The summed E-state index contributed by atoms with van der Waals surface area (Å²) >= 11 is 0. The molecule has 0 saturated heterocycles. The van der Waals surface area contributed by atoms with Gasteiger partial charge in [-0.1, -0.05) is 179 Å². The second-order valence-electron chi connectivity index (χ2n) is 13.0. The normalized spacial score (nSPS) is 17.6. The number of hydrogen-bond donors (Lipinski definition) is 0. The molecule has 40 heavy (non-hydrogen) atoms. The highest BCUT2D eigenvalue weighted by Crippen LogP contribution is 2.32. The lowest BCUT2D eigenvalue weighted by atomic mass is 9.98. The third-order valence-corrected chi connectivity index (χ3v) is 11.5. The minimum absolute atomic E-state index is 0.588. The van der Waals surface area contributed by atoms with Crippen LogP contribution in [0, 0.1) is 0 Å². The molecule has 0 heterocycles. The highest BCUT2D eigenvalue weighted by Gasteiger charge is 2.41. The first-order valence-electron chi connectivity index (χ1n) is 17.7. The summed E-state index contributed by atoms with van der Waals surface area (Å²) in [5.41, 5.74) is 1.17. The zero-order valence-corrected chi connectivity index (χ0v) is 28.3. The van der Waals surface area contributed by atoms with E-state index in [1.807, 2.05) is 23.4 Å². The van der Waals surface area contributed by atoms with E-state index in [1.54, 1.807) is 0 Å². The first-order chi connectivity index (χ1) is 19.4. The van der Waals surface area contributed by atoms with E-state index < -0.39 is 14.8 Å². The summed E-state index contributed by atoms with van der Waals surface area (Å²) in [6.07, 6.45) is 37.9. The molecule has 0 radical (unpaired) electrons. The quantitative estimate of drug-likeness (QED) is 0.0864. The maximum atomic E-state index is 13.8. The molecule has 1 atom stereocenters. The van der Waals surface area contributed by atoms with E-state index in [2.05, 4.69) is 26.8 Å². The zero-order chi connectivity index (χ0) is 29.4. The summed E-state index contributed by atoms with van der Waals surface area (Å²) in [6, 6.07) is 0. The van der Waals surface area contributed by atoms with Crippen molar-refractivity contribution in [3.63, 3.8) is 0 Å². The summed E-state index contributed by atoms with van der Waals surface area (Å²) in [4.78, 5) is 0. The van der Waals surface area contributed by atoms with E-state index in [4.69, 9.17) is 0 Å². The Hall–Kier alpha value is -0.610. The number of hydrogen-bond acceptors (Lipinski definition) is 2. The smallest absolute Gasteiger partial charge is 0.211 e. The van der Waals surface area contributed by atoms with Crippen molar-refractivity contribution in [2.75, 3.05) is 13.1 Å². The van der Waals surface area contributed by atoms with Crippen molar-refractivity contribution >= 4 is 10.0 Å². The van der Waals surface area contributed by atoms with Gasteiger partial charge in [-0.15, -0.1) is 0 Å². The van der Waals surface area contributed by atoms with Crippen molar-refractivity contribution in [1.82, 2.24) is 4.31 Å². The Balaban J connectivity index is 2.35. The fourth-order valence-electron chi connectivity index (χ4n) is 5.90. The first kappa shape index (κ1) is 37.4. The molecule has 0 fully saturated rings. The number of unbranched alkanes of at least 4 members (excludes halogenated alkanes) is 22. The summed E-state index contributed by atoms with van der Waals surface area (Å²) in [5, 5.41) is 0. The van der Waals surface area contributed by atoms with E-state index >= 15 is 0 Å². The molecule has 0 aromatic heterocycles. The zero-order valence-electron chi connectivity index (χ0n) is 27.5. The van der Waals surface area contributed by atoms with Crippen LogP contribution in [-0.4, -0.2) is 30.6 Å². The maximum Gasteiger partial charge on any atom is 0.223 e. The third-order valence-electron chi connectivity index (χ3n) is 8.98. The molecule has 0 aliphatic heterocycles. The molecule has 0 spiro atoms. The topological polar surface area (TPSA) is 37.4 Å². The Bertz CT molecular complexity index is 729. The second-order valence-corrected chi connectivity index (χ2v) is 15.4. The molecule has 0 N–H and O–H groups in total. The van der Waals surface area contributed by atoms with Gasteiger partial charge in [0, 0.05) is 13.1 Å². The van der Waals surface area contributed by atoms with Crippen molar-refractivity contribution in [3.8, 4) is 0 Å². The third kappa shape index (κ3) is 16.7. The lowest BCUT2D eigenvalue weighted by Crippen LogP contribution is -2.46. The summed E-state index contributed by atoms with van der Waals surface area (Å²) < 4.78 is 28.7. The predicted molar refractivity (Wildman–Crippen MR) is 179 cm³/mol. The molecule has 1 unspecified atom stereocenters. The molecule has 236 valence electrons. The van der Waals surface area contributed by atoms with Gasteiger partial charge in [0.2, 0.25) is 10.0 Å². The fourth-order valence-corrected chi connectivity index (χ4v) is 7.77. The van der Waals surface area contributed by atoms with Crippen LogP contribution in [0.15, 0.2) is 23.8 Å². The summed E-state index contributed by atoms with van der Waals surface area (Å²) in [5.74, 6) is 0. The Labute approximate surface area is 252 Å². The molecule has 3 nitrogen and oxygen atoms in total. The largest absolute Gasteiger partial charge is 0.223 e. The van der Waals surface area contributed by atoms with Crippen LogP contribution < -0.4 is 0 Å². The van der Waals surface area contributed by atoms with Gasteiger partial charge in [-0.05, 0) is 33.1 Å². The van der Waals surface area contributed by atoms with Gasteiger partial charge < -0.3 is 0 Å². The van der Waals surface area contributed by atoms with E-state index in [-0.39, 0.29) is 0 Å². The standard InChI is InChI=1S/C36H69NO2S/c1-5-7-9-11-13-15-17-19-21-23-25-27-33-37(40(38,39)36(4)31-29-35(3)30-32-36)34-28-26-24-22-20-18-16-14-12-10-8-6-2/h29-31H,5-28,32-34H2,1-4H3. The highest BCUT2D eigenvalue weighted by molar-refractivity contribution is 7.90. The van der Waals surface area contributed by atoms with E-state index in [9.17, 15) is 8.42 Å². The van der Waals surface area contributed by atoms with E-state index in [0.29, 0.717) is 19.5 Å². The van der Waals surface area contributed by atoms with Crippen molar-refractivity contribution in [1.29, 1.82) is 0 Å². The number of rotatable bonds is 28. The number of allylic oxidation sites excluding steroid dienone is 3. The maximum absolute atomic E-state index is 13.8. The fraction of sp³-hybridized carbons (Fsp3) is 0.889. The molecule has 0 bridgehead atoms. The average molecular weight is 580 g/mol. The second kappa shape index (κ2) is 23.9. The Kier molecular flexibility index (Phi) is 22.4. The van der Waals surface area contributed by atoms with Crippen LogP contribution in [0.2, 0.25) is 0 Å². The van der Waals surface area contributed by atoms with Gasteiger partial charge in [0.25, 0.3) is 0 Å². The SMILES string of the molecule is CCCCCCCCCCCCCCN(CCCCCCCCCCCCCC)S(=O)(=O)C1(C)C=CC(C)=CC1. The molecule has 0 aromatic carbocycles. The molecule has 0 saturated carbocycles. The predicted octanol–water partition coefficient (Wildman–Crippen LogP) is 11.7. The van der Waals surface area contributed by atoms with Crippen LogP contribution in [0.1, 0.15) is 188 Å². The van der Waals surface area contributed by atoms with Gasteiger partial charge in [-0.25, -0.2) is 12.7 Å². The molecule has 0 amide bonds. The van der Waals surface area contributed by atoms with Crippen LogP contribution in [0.25, 0.3) is 0 Å². The van der Waals surface area contributed by atoms with Gasteiger partial charge >= 0.3 is 0 Å². The van der Waals surface area contributed by atoms with Gasteiger partial charge in [0.05, 0.1) is 0 Å². The minimum Gasteiger partial charge on any atom is -0.211 e. The summed E-state index contributed by atoms with van der Waals surface area (Å²) in [7, 11) is -3.37. The van der Waals surface area contributed by atoms with Crippen molar-refractivity contribution in [2.24, 2.45) is 0 Å². The molecule has 4 heteroatoms. The molecule has 1 aliphatic carbocycles. The highest BCUT2D eigenvalue weighted by atomic mass is 32.2. The lowest BCUT2D eigenvalue weighted by molar-refractivity contribution is 0.371. The minimum atomic E-state index is -3.37. The van der Waals surface area contributed by atoms with Crippen LogP contribution in [-0.2, 0) is 10.0 Å². The molecule has 1 aliphatic rings. The van der Waals surface area contributed by atoms with Gasteiger partial charge in [0.15, 0.2) is 0 Å². The molecule has 0 aromatic rings. The average Bonchev–Trinajstić information content (AvgIpc) is 2.94. The Morgan fingerprint density at radius 3 is 1.23 bits per heavy atom. The van der Waals surface area contributed by atoms with Gasteiger partial charge in [-0.2, -0.15) is 0 Å². The van der Waals surface area contributed by atoms with Crippen molar-refractivity contribution in [2.45, 2.75) is 193 Å². The summed E-state index contributed by atoms with van der Waals surface area (Å²) in [6.45, 7) is 9.89. The first-order valence-corrected chi connectivity index (χ1v) is 19.2. The number of nitrogens with zero attached hydrogens (tertiary/aromatic N) is 1. The number of sulfonamides is 1. The van der Waals surface area contributed by atoms with E-state index in [0.717, 1.165) is 25.7 Å². The van der Waals surface area contributed by atoms with Crippen molar-refractivity contribution < 1.29 is 8.42 Å². The molecule has 1 rings (SSSR count). The monoisotopic (exact) mass is 580 g/mol. The molecular weight excluding hydrogens is 510 g/mol.